The Bertz CT molecular complexity index is 958. The molecule has 1 atom stereocenters. The maximum absolute atomic E-state index is 13.0. The van der Waals surface area contributed by atoms with Crippen molar-refractivity contribution in [2.24, 2.45) is 11.8 Å². The van der Waals surface area contributed by atoms with Crippen molar-refractivity contribution in [3.63, 3.8) is 0 Å². The minimum Gasteiger partial charge on any atom is -0.308 e. The first-order valence-electron chi connectivity index (χ1n) is 10.8. The fraction of sp³-hybridized carbons (Fsp3) is 0.522. The van der Waals surface area contributed by atoms with Crippen LogP contribution in [0.15, 0.2) is 30.6 Å². The summed E-state index contributed by atoms with van der Waals surface area (Å²) in [6, 6.07) is 6.05. The Morgan fingerprint density at radius 2 is 1.90 bits per heavy atom. The van der Waals surface area contributed by atoms with Crippen molar-refractivity contribution >= 4 is 23.2 Å². The van der Waals surface area contributed by atoms with Crippen LogP contribution in [0.25, 0.3) is 11.1 Å². The fourth-order valence-corrected chi connectivity index (χ4v) is 4.60. The van der Waals surface area contributed by atoms with Crippen LogP contribution in [0.4, 0.5) is 11.4 Å². The first-order valence-corrected chi connectivity index (χ1v) is 10.8. The maximum Gasteiger partial charge on any atom is 0.230 e. The first-order chi connectivity index (χ1) is 14.0. The Kier molecular flexibility index (Phi) is 4.45. The van der Waals surface area contributed by atoms with Crippen LogP contribution in [0, 0.1) is 11.8 Å². The zero-order valence-corrected chi connectivity index (χ0v) is 17.2. The van der Waals surface area contributed by atoms with Gasteiger partial charge >= 0.3 is 0 Å². The number of carbonyl (C=O) groups excluding carboxylic acids is 2. The van der Waals surface area contributed by atoms with Crippen molar-refractivity contribution in [2.45, 2.75) is 58.5 Å². The van der Waals surface area contributed by atoms with Crippen molar-refractivity contribution < 1.29 is 9.59 Å². The number of amides is 2. The fourth-order valence-electron chi connectivity index (χ4n) is 4.60. The minimum absolute atomic E-state index is 0.0124. The van der Waals surface area contributed by atoms with E-state index in [1.165, 1.54) is 19.3 Å². The van der Waals surface area contributed by atoms with E-state index in [-0.39, 0.29) is 23.8 Å². The number of fused-ring (bicyclic) bond motifs is 1. The molecule has 0 radical (unpaired) electrons. The number of benzene rings is 1. The third-order valence-electron chi connectivity index (χ3n) is 6.58. The second kappa shape index (κ2) is 7.01. The molecule has 3 aliphatic rings. The quantitative estimate of drug-likeness (QED) is 0.794. The second-order valence-corrected chi connectivity index (χ2v) is 8.91. The smallest absolute Gasteiger partial charge is 0.230 e. The predicted molar refractivity (Wildman–Crippen MR) is 113 cm³/mol. The number of aromatic nitrogens is 2. The Hall–Kier alpha value is -2.63. The molecule has 0 bridgehead atoms. The molecule has 6 heteroatoms. The molecule has 0 N–H and O–H groups in total. The molecule has 5 rings (SSSR count). The molecule has 29 heavy (non-hydrogen) atoms. The summed E-state index contributed by atoms with van der Waals surface area (Å²) in [5.74, 6) is 1.11. The van der Waals surface area contributed by atoms with Gasteiger partial charge in [0.25, 0.3) is 0 Å². The average molecular weight is 393 g/mol. The Morgan fingerprint density at radius 1 is 1.10 bits per heavy atom. The van der Waals surface area contributed by atoms with Gasteiger partial charge in [-0.3, -0.25) is 14.3 Å². The van der Waals surface area contributed by atoms with E-state index in [2.05, 4.69) is 17.4 Å². The van der Waals surface area contributed by atoms with E-state index < -0.39 is 0 Å². The van der Waals surface area contributed by atoms with Gasteiger partial charge in [0.1, 0.15) is 0 Å². The van der Waals surface area contributed by atoms with E-state index in [4.69, 9.17) is 0 Å². The summed E-state index contributed by atoms with van der Waals surface area (Å²) in [6.07, 6.45) is 9.88. The topological polar surface area (TPSA) is 58.4 Å². The highest BCUT2D eigenvalue weighted by molar-refractivity contribution is 6.06. The Balaban J connectivity index is 1.50. The molecule has 1 aliphatic heterocycles. The molecule has 2 aromatic rings. The van der Waals surface area contributed by atoms with Gasteiger partial charge in [-0.05, 0) is 56.2 Å². The number of hydrogen-bond acceptors (Lipinski definition) is 3. The summed E-state index contributed by atoms with van der Waals surface area (Å²) in [5.41, 5.74) is 3.77. The third kappa shape index (κ3) is 3.34. The van der Waals surface area contributed by atoms with Crippen LogP contribution in [0.3, 0.4) is 0 Å². The second-order valence-electron chi connectivity index (χ2n) is 8.91. The molecule has 0 unspecified atom stereocenters. The molecule has 2 amide bonds. The summed E-state index contributed by atoms with van der Waals surface area (Å²) >= 11 is 0. The number of carbonyl (C=O) groups is 2. The molecule has 6 nitrogen and oxygen atoms in total. The lowest BCUT2D eigenvalue weighted by atomic mass is 9.85. The van der Waals surface area contributed by atoms with E-state index in [1.54, 1.807) is 6.92 Å². The van der Waals surface area contributed by atoms with Gasteiger partial charge in [-0.25, -0.2) is 0 Å². The standard InChI is InChI=1S/C23H28N4O2/c1-15-12-26(23(29)18-6-7-18)22-10-19(8-9-21(22)27(15)16(2)28)20-11-24-25(14-20)13-17-4-3-5-17/h8-11,14-15,17-18H,3-7,12-13H2,1-2H3/t15-/m0/s1. The van der Waals surface area contributed by atoms with Crippen molar-refractivity contribution in [1.29, 1.82) is 0 Å². The van der Waals surface area contributed by atoms with Gasteiger partial charge in [-0.15, -0.1) is 0 Å². The van der Waals surface area contributed by atoms with Crippen molar-refractivity contribution in [3.05, 3.63) is 30.6 Å². The third-order valence-corrected chi connectivity index (χ3v) is 6.58. The molecule has 1 aromatic heterocycles. The molecule has 2 fully saturated rings. The first kappa shape index (κ1) is 18.4. The minimum atomic E-state index is -0.0289. The number of hydrogen-bond donors (Lipinski definition) is 0. The van der Waals surface area contributed by atoms with Gasteiger partial charge in [0, 0.05) is 37.7 Å². The lowest BCUT2D eigenvalue weighted by Crippen LogP contribution is -2.51. The van der Waals surface area contributed by atoms with Gasteiger partial charge in [-0.1, -0.05) is 12.5 Å². The lowest BCUT2D eigenvalue weighted by molar-refractivity contribution is -0.120. The maximum atomic E-state index is 13.0. The van der Waals surface area contributed by atoms with Gasteiger partial charge in [-0.2, -0.15) is 5.10 Å². The lowest BCUT2D eigenvalue weighted by Gasteiger charge is -2.41. The van der Waals surface area contributed by atoms with Crippen molar-refractivity contribution in [1.82, 2.24) is 9.78 Å². The van der Waals surface area contributed by atoms with E-state index in [0.717, 1.165) is 47.8 Å². The predicted octanol–water partition coefficient (Wildman–Crippen LogP) is 3.85. The number of rotatable bonds is 4. The van der Waals surface area contributed by atoms with E-state index in [0.29, 0.717) is 6.54 Å². The van der Waals surface area contributed by atoms with Gasteiger partial charge in [0.05, 0.1) is 23.6 Å². The van der Waals surface area contributed by atoms with Crippen LogP contribution < -0.4 is 9.80 Å². The summed E-state index contributed by atoms with van der Waals surface area (Å²) < 4.78 is 2.04. The summed E-state index contributed by atoms with van der Waals surface area (Å²) in [7, 11) is 0. The highest BCUT2D eigenvalue weighted by atomic mass is 16.2. The molecule has 2 saturated carbocycles. The van der Waals surface area contributed by atoms with Crippen LogP contribution in [0.2, 0.25) is 0 Å². The monoisotopic (exact) mass is 392 g/mol. The Morgan fingerprint density at radius 3 is 2.55 bits per heavy atom. The van der Waals surface area contributed by atoms with Crippen molar-refractivity contribution in [2.75, 3.05) is 16.3 Å². The average Bonchev–Trinajstić information content (AvgIpc) is 3.41. The van der Waals surface area contributed by atoms with Gasteiger partial charge in [0.2, 0.25) is 11.8 Å². The van der Waals surface area contributed by atoms with Crippen LogP contribution in [0.1, 0.15) is 46.0 Å². The van der Waals surface area contributed by atoms with Crippen LogP contribution in [-0.4, -0.2) is 34.2 Å². The molecule has 1 aromatic carbocycles. The number of anilines is 2. The highest BCUT2D eigenvalue weighted by Crippen LogP contribution is 2.42. The van der Waals surface area contributed by atoms with E-state index >= 15 is 0 Å². The Labute approximate surface area is 171 Å². The summed E-state index contributed by atoms with van der Waals surface area (Å²) in [6.45, 7) is 5.13. The van der Waals surface area contributed by atoms with E-state index in [9.17, 15) is 9.59 Å². The SMILES string of the molecule is CC(=O)N1c2ccc(-c3cnn(CC4CCC4)c3)cc2N(C(=O)C2CC2)C[C@@H]1C. The van der Waals surface area contributed by atoms with Crippen LogP contribution in [-0.2, 0) is 16.1 Å². The van der Waals surface area contributed by atoms with Gasteiger partial charge < -0.3 is 9.80 Å². The molecule has 0 saturated heterocycles. The van der Waals surface area contributed by atoms with Crippen LogP contribution >= 0.6 is 0 Å². The molecule has 0 spiro atoms. The summed E-state index contributed by atoms with van der Waals surface area (Å²) in [4.78, 5) is 29.0. The molecule has 2 heterocycles. The molecule has 2 aliphatic carbocycles. The molecular formula is C23H28N4O2. The zero-order valence-electron chi connectivity index (χ0n) is 17.2. The largest absolute Gasteiger partial charge is 0.308 e. The highest BCUT2D eigenvalue weighted by Gasteiger charge is 2.39. The number of nitrogens with zero attached hydrogens (tertiary/aromatic N) is 4. The zero-order chi connectivity index (χ0) is 20.1. The van der Waals surface area contributed by atoms with Crippen molar-refractivity contribution in [3.8, 4) is 11.1 Å². The molecule has 152 valence electrons. The normalized spacial score (nSPS) is 21.7. The van der Waals surface area contributed by atoms with Crippen LogP contribution in [0.5, 0.6) is 0 Å². The van der Waals surface area contributed by atoms with Gasteiger partial charge in [0.15, 0.2) is 0 Å². The summed E-state index contributed by atoms with van der Waals surface area (Å²) in [5, 5.41) is 4.55. The molecular weight excluding hydrogens is 364 g/mol. The van der Waals surface area contributed by atoms with E-state index in [1.807, 2.05) is 39.7 Å².